The van der Waals surface area contributed by atoms with Crippen LogP contribution in [-0.2, 0) is 5.54 Å². The summed E-state index contributed by atoms with van der Waals surface area (Å²) in [7, 11) is 0. The van der Waals surface area contributed by atoms with Crippen LogP contribution >= 0.6 is 0 Å². The first-order chi connectivity index (χ1) is 6.50. The number of halogens is 2. The molecule has 1 fully saturated rings. The van der Waals surface area contributed by atoms with E-state index in [9.17, 15) is 8.78 Å². The van der Waals surface area contributed by atoms with Crippen molar-refractivity contribution in [2.45, 2.75) is 25.3 Å². The maximum atomic E-state index is 12.9. The van der Waals surface area contributed by atoms with E-state index < -0.39 is 17.2 Å². The van der Waals surface area contributed by atoms with Crippen molar-refractivity contribution in [3.05, 3.63) is 35.4 Å². The van der Waals surface area contributed by atoms with Gasteiger partial charge in [-0.15, -0.1) is 0 Å². The van der Waals surface area contributed by atoms with Crippen LogP contribution in [0.15, 0.2) is 18.2 Å². The number of nitrogens with two attached hydrogens (primary N) is 1. The van der Waals surface area contributed by atoms with E-state index in [1.54, 1.807) is 0 Å². The molecule has 1 nitrogen and oxygen atoms in total. The molecule has 0 saturated heterocycles. The van der Waals surface area contributed by atoms with Gasteiger partial charge in [-0.2, -0.15) is 0 Å². The van der Waals surface area contributed by atoms with Crippen molar-refractivity contribution in [1.29, 1.82) is 0 Å². The molecule has 0 heterocycles. The molecule has 0 radical (unpaired) electrons. The summed E-state index contributed by atoms with van der Waals surface area (Å²) < 4.78 is 25.9. The maximum absolute atomic E-state index is 12.9. The normalized spacial score (nSPS) is 20.6. The van der Waals surface area contributed by atoms with Crippen molar-refractivity contribution in [3.8, 4) is 0 Å². The lowest BCUT2D eigenvalue weighted by molar-refractivity contribution is 0.420. The quantitative estimate of drug-likeness (QED) is 0.774. The van der Waals surface area contributed by atoms with E-state index in [1.165, 1.54) is 12.1 Å². The summed E-state index contributed by atoms with van der Waals surface area (Å²) >= 11 is 0. The number of rotatable bonds is 2. The first kappa shape index (κ1) is 9.59. The van der Waals surface area contributed by atoms with Crippen molar-refractivity contribution < 1.29 is 8.78 Å². The van der Waals surface area contributed by atoms with Gasteiger partial charge in [-0.05, 0) is 43.4 Å². The third-order valence-electron chi connectivity index (χ3n) is 2.91. The van der Waals surface area contributed by atoms with E-state index >= 15 is 0 Å². The van der Waals surface area contributed by atoms with Crippen molar-refractivity contribution in [3.63, 3.8) is 0 Å². The second kappa shape index (κ2) is 3.02. The monoisotopic (exact) mass is 197 g/mol. The Kier molecular flexibility index (Phi) is 2.07. The van der Waals surface area contributed by atoms with Gasteiger partial charge in [0.25, 0.3) is 0 Å². The number of benzene rings is 1. The fourth-order valence-corrected chi connectivity index (χ4v) is 1.78. The van der Waals surface area contributed by atoms with Gasteiger partial charge in [0.15, 0.2) is 0 Å². The standard InChI is InChI=1S/C11H13F2N/c1-11(14,7-2-3-7)8-4-9(12)6-10(13)5-8/h4-7H,2-3,14H2,1H3. The Morgan fingerprint density at radius 2 is 1.71 bits per heavy atom. The summed E-state index contributed by atoms with van der Waals surface area (Å²) in [5.74, 6) is -0.752. The van der Waals surface area contributed by atoms with Gasteiger partial charge < -0.3 is 5.73 Å². The molecule has 1 aliphatic rings. The van der Waals surface area contributed by atoms with Crippen LogP contribution in [0.1, 0.15) is 25.3 Å². The predicted octanol–water partition coefficient (Wildman–Crippen LogP) is 2.55. The average Bonchev–Trinajstić information content (AvgIpc) is 2.83. The molecule has 0 aromatic heterocycles. The fourth-order valence-electron chi connectivity index (χ4n) is 1.78. The molecular weight excluding hydrogens is 184 g/mol. The Hall–Kier alpha value is -0.960. The highest BCUT2D eigenvalue weighted by Crippen LogP contribution is 2.43. The highest BCUT2D eigenvalue weighted by Gasteiger charge is 2.39. The Morgan fingerprint density at radius 1 is 1.21 bits per heavy atom. The van der Waals surface area contributed by atoms with E-state index in [0.29, 0.717) is 11.5 Å². The van der Waals surface area contributed by atoms with Crippen LogP contribution in [0.3, 0.4) is 0 Å². The summed E-state index contributed by atoms with van der Waals surface area (Å²) in [6.07, 6.45) is 2.09. The molecule has 14 heavy (non-hydrogen) atoms. The Balaban J connectivity index is 2.39. The van der Waals surface area contributed by atoms with Crippen LogP contribution in [0.25, 0.3) is 0 Å². The van der Waals surface area contributed by atoms with Gasteiger partial charge in [-0.25, -0.2) is 8.78 Å². The molecule has 1 aromatic rings. The zero-order valence-corrected chi connectivity index (χ0v) is 8.06. The summed E-state index contributed by atoms with van der Waals surface area (Å²) in [6.45, 7) is 1.83. The van der Waals surface area contributed by atoms with Gasteiger partial charge in [-0.1, -0.05) is 0 Å². The first-order valence-corrected chi connectivity index (χ1v) is 4.75. The molecule has 0 aliphatic heterocycles. The highest BCUT2D eigenvalue weighted by molar-refractivity contribution is 5.27. The van der Waals surface area contributed by atoms with Crippen LogP contribution in [0.4, 0.5) is 8.78 Å². The van der Waals surface area contributed by atoms with Crippen LogP contribution in [0.2, 0.25) is 0 Å². The highest BCUT2D eigenvalue weighted by atomic mass is 19.1. The summed E-state index contributed by atoms with van der Waals surface area (Å²) in [6, 6.07) is 3.51. The summed E-state index contributed by atoms with van der Waals surface area (Å²) in [4.78, 5) is 0. The van der Waals surface area contributed by atoms with Gasteiger partial charge in [-0.3, -0.25) is 0 Å². The van der Waals surface area contributed by atoms with Crippen LogP contribution in [0, 0.1) is 17.6 Å². The SMILES string of the molecule is CC(N)(c1cc(F)cc(F)c1)C1CC1. The van der Waals surface area contributed by atoms with Crippen molar-refractivity contribution in [2.24, 2.45) is 11.7 Å². The largest absolute Gasteiger partial charge is 0.321 e. The molecule has 0 spiro atoms. The van der Waals surface area contributed by atoms with Crippen LogP contribution in [0.5, 0.6) is 0 Å². The number of hydrogen-bond acceptors (Lipinski definition) is 1. The third kappa shape index (κ3) is 1.64. The second-order valence-corrected chi connectivity index (χ2v) is 4.22. The molecule has 2 rings (SSSR count). The van der Waals surface area contributed by atoms with Crippen molar-refractivity contribution in [1.82, 2.24) is 0 Å². The van der Waals surface area contributed by atoms with E-state index in [1.807, 2.05) is 6.92 Å². The van der Waals surface area contributed by atoms with Gasteiger partial charge in [0.2, 0.25) is 0 Å². The van der Waals surface area contributed by atoms with E-state index in [-0.39, 0.29) is 0 Å². The maximum Gasteiger partial charge on any atom is 0.126 e. The van der Waals surface area contributed by atoms with Crippen LogP contribution in [-0.4, -0.2) is 0 Å². The van der Waals surface area contributed by atoms with E-state index in [2.05, 4.69) is 0 Å². The molecular formula is C11H13F2N. The number of hydrogen-bond donors (Lipinski definition) is 1. The lowest BCUT2D eigenvalue weighted by atomic mass is 9.88. The van der Waals surface area contributed by atoms with Crippen molar-refractivity contribution in [2.75, 3.05) is 0 Å². The third-order valence-corrected chi connectivity index (χ3v) is 2.91. The topological polar surface area (TPSA) is 26.0 Å². The molecule has 0 amide bonds. The summed E-state index contributed by atoms with van der Waals surface area (Å²) in [5, 5.41) is 0. The molecule has 1 saturated carbocycles. The fraction of sp³-hybridized carbons (Fsp3) is 0.455. The Morgan fingerprint density at radius 3 is 2.14 bits per heavy atom. The zero-order chi connectivity index (χ0) is 10.3. The molecule has 1 aromatic carbocycles. The van der Waals surface area contributed by atoms with Crippen molar-refractivity contribution >= 4 is 0 Å². The molecule has 2 N–H and O–H groups in total. The predicted molar refractivity (Wildman–Crippen MR) is 50.6 cm³/mol. The lowest BCUT2D eigenvalue weighted by Crippen LogP contribution is -2.35. The Bertz CT molecular complexity index is 336. The van der Waals surface area contributed by atoms with Gasteiger partial charge >= 0.3 is 0 Å². The minimum atomic E-state index is -0.594. The van der Waals surface area contributed by atoms with E-state index in [4.69, 9.17) is 5.73 Å². The first-order valence-electron chi connectivity index (χ1n) is 4.75. The minimum absolute atomic E-state index is 0.365. The minimum Gasteiger partial charge on any atom is -0.321 e. The smallest absolute Gasteiger partial charge is 0.126 e. The second-order valence-electron chi connectivity index (χ2n) is 4.22. The lowest BCUT2D eigenvalue weighted by Gasteiger charge is -2.25. The van der Waals surface area contributed by atoms with Gasteiger partial charge in [0.1, 0.15) is 11.6 Å². The molecule has 3 heteroatoms. The molecule has 1 aliphatic carbocycles. The average molecular weight is 197 g/mol. The van der Waals surface area contributed by atoms with Crippen LogP contribution < -0.4 is 5.73 Å². The van der Waals surface area contributed by atoms with Gasteiger partial charge in [0.05, 0.1) is 0 Å². The summed E-state index contributed by atoms with van der Waals surface area (Å²) in [5.41, 5.74) is 6.01. The molecule has 1 atom stereocenters. The van der Waals surface area contributed by atoms with E-state index in [0.717, 1.165) is 18.9 Å². The molecule has 1 unspecified atom stereocenters. The zero-order valence-electron chi connectivity index (χ0n) is 8.06. The molecule has 0 bridgehead atoms. The Labute approximate surface area is 81.9 Å². The molecule has 76 valence electrons. The van der Waals surface area contributed by atoms with Gasteiger partial charge in [0, 0.05) is 11.6 Å².